The zero-order valence-electron chi connectivity index (χ0n) is 77.7. The maximum absolute atomic E-state index is 13.4. The number of hydrogen-bond donors (Lipinski definition) is 3. The van der Waals surface area contributed by atoms with Crippen molar-refractivity contribution in [1.82, 2.24) is 103 Å². The highest BCUT2D eigenvalue weighted by molar-refractivity contribution is 5.80. The van der Waals surface area contributed by atoms with Gasteiger partial charge in [-0.3, -0.25) is 14.0 Å². The third-order valence-corrected chi connectivity index (χ3v) is 19.1. The Hall–Kier alpha value is -13.1. The first-order chi connectivity index (χ1) is 60.5. The van der Waals surface area contributed by atoms with Crippen LogP contribution in [-0.2, 0) is 37.6 Å². The van der Waals surface area contributed by atoms with E-state index in [1.165, 1.54) is 141 Å². The Bertz CT molecular complexity index is 6280. The molecule has 3 atom stereocenters. The van der Waals surface area contributed by atoms with Crippen molar-refractivity contribution in [3.63, 3.8) is 0 Å². The molecule has 564 valence electrons. The van der Waals surface area contributed by atoms with E-state index in [0.29, 0.717) is 72.2 Å². The van der Waals surface area contributed by atoms with Crippen LogP contribution in [0.4, 0.5) is 48.5 Å². The summed E-state index contributed by atoms with van der Waals surface area (Å²) in [6.07, 6.45) is 26.7. The van der Waals surface area contributed by atoms with Gasteiger partial charge in [-0.2, -0.15) is 30.6 Å². The minimum Gasteiger partial charge on any atom is -0.351 e. The van der Waals surface area contributed by atoms with Gasteiger partial charge < -0.3 is 46.6 Å². The predicted octanol–water partition coefficient (Wildman–Crippen LogP) is 7.82. The van der Waals surface area contributed by atoms with Gasteiger partial charge in [0.15, 0.2) is 17.5 Å². The number of rotatable bonds is 15. The summed E-state index contributed by atoms with van der Waals surface area (Å²) < 4.78 is 200. The average molecular weight is 1510 g/mol. The van der Waals surface area contributed by atoms with Crippen LogP contribution in [-0.4, -0.2) is 181 Å². The molecule has 18 rings (SSSR count). The smallest absolute Gasteiger partial charge is 0.225 e. The second kappa shape index (κ2) is 29.8. The molecule has 0 amide bonds. The van der Waals surface area contributed by atoms with Crippen molar-refractivity contribution in [2.24, 2.45) is 38.2 Å². The Labute approximate surface area is 661 Å². The minimum atomic E-state index is -2.45. The predicted molar refractivity (Wildman–Crippen MR) is 416 cm³/mol. The molecule has 15 heterocycles. The lowest BCUT2D eigenvalue weighted by molar-refractivity contribution is 0.585. The zero-order chi connectivity index (χ0) is 92.5. The van der Waals surface area contributed by atoms with Crippen LogP contribution in [0.25, 0.3) is 49.9 Å². The monoisotopic (exact) mass is 1510 g/mol. The van der Waals surface area contributed by atoms with Gasteiger partial charge >= 0.3 is 0 Å². The summed E-state index contributed by atoms with van der Waals surface area (Å²) in [6.45, 7) is -14.8. The van der Waals surface area contributed by atoms with Crippen LogP contribution in [0.5, 0.6) is 0 Å². The lowest BCUT2D eigenvalue weighted by Gasteiger charge is -2.35. The molecule has 0 bridgehead atoms. The van der Waals surface area contributed by atoms with Crippen molar-refractivity contribution in [3.8, 4) is 33.4 Å². The van der Waals surface area contributed by atoms with Gasteiger partial charge in [-0.15, -0.1) is 0 Å². The Morgan fingerprint density at radius 3 is 0.838 bits per heavy atom. The maximum atomic E-state index is 13.4. The number of halogens is 3. The van der Waals surface area contributed by atoms with E-state index >= 15 is 0 Å². The van der Waals surface area contributed by atoms with Gasteiger partial charge in [0.25, 0.3) is 0 Å². The number of fused-ring (bicyclic) bond motifs is 3. The molecule has 0 saturated carbocycles. The number of benzene rings is 3. The molecule has 3 aliphatic heterocycles. The largest absolute Gasteiger partial charge is 0.351 e. The summed E-state index contributed by atoms with van der Waals surface area (Å²) in [5.74, 6) is -0.613. The molecule has 0 radical (unpaired) electrons. The summed E-state index contributed by atoms with van der Waals surface area (Å²) in [4.78, 5) is 46.4. The van der Waals surface area contributed by atoms with Gasteiger partial charge in [0.2, 0.25) is 17.8 Å². The fourth-order valence-corrected chi connectivity index (χ4v) is 12.5. The van der Waals surface area contributed by atoms with Crippen LogP contribution in [0.2, 0.25) is 0 Å². The van der Waals surface area contributed by atoms with E-state index in [2.05, 4.69) is 75.4 Å². The summed E-state index contributed by atoms with van der Waals surface area (Å²) >= 11 is 0. The van der Waals surface area contributed by atoms with E-state index in [-0.39, 0.29) is 92.0 Å². The second-order valence-electron chi connectivity index (χ2n) is 26.6. The molecule has 3 aromatic carbocycles. The fourth-order valence-electron chi connectivity index (χ4n) is 12.5. The van der Waals surface area contributed by atoms with Crippen LogP contribution >= 0.6 is 0 Å². The molecule has 3 fully saturated rings. The second-order valence-corrected chi connectivity index (χ2v) is 26.6. The normalized spacial score (nSPS) is 21.1. The SMILES string of the molecule is [2H]C1([2H])CN(c2ncc([C@@](C)(N)c3ccc(F)cc3)cn2)CC([2H])([2H])N1c1ncnn2cc(-c3cnn(C([2H])([2H])[2H])c3)cc12.[2H]C1([2H])CN(c2ncc([C@@](C)(N)c3ccc(F)cc3)cn2)CC([2H])([2H])N1c1ncnn2cc(-c3cnn(C([2H])([2H])[2H])c3)cc12.[2H]C1([2H])CN(c2ncc([C@@](C)(N)c3ccc(F)cc3)cn2)CC([2H])([2H])N1c1ncnn2cc(-c3cnn(C)c3)cc12. The first-order valence-electron chi connectivity index (χ1n) is 43.4. The van der Waals surface area contributed by atoms with Gasteiger partial charge in [0, 0.05) is 232 Å². The quantitative estimate of drug-likeness (QED) is 0.0880. The van der Waals surface area contributed by atoms with Crippen LogP contribution in [0.15, 0.2) is 203 Å². The summed E-state index contributed by atoms with van der Waals surface area (Å²) in [7, 11) is 1.81. The van der Waals surface area contributed by atoms with E-state index < -0.39 is 69.5 Å². The van der Waals surface area contributed by atoms with E-state index in [1.54, 1.807) is 109 Å². The Balaban J connectivity index is 0.000000142. The Kier molecular flexibility index (Phi) is 14.4. The minimum absolute atomic E-state index is 0.0126. The van der Waals surface area contributed by atoms with Crippen molar-refractivity contribution in [2.75, 3.05) is 108 Å². The molecule has 0 spiro atoms. The highest BCUT2D eigenvalue weighted by Gasteiger charge is 2.32. The highest BCUT2D eigenvalue weighted by atomic mass is 19.1. The number of piperazine rings is 3. The Morgan fingerprint density at radius 2 is 0.586 bits per heavy atom. The average Bonchev–Trinajstić information content (AvgIpc) is 1.69. The van der Waals surface area contributed by atoms with Crippen molar-refractivity contribution in [1.29, 1.82) is 0 Å². The lowest BCUT2D eigenvalue weighted by atomic mass is 9.87. The topological polar surface area (TPSA) is 319 Å². The number of nitrogens with zero attached hydrogens (tertiary/aromatic N) is 27. The molecular formula is C78H81F3N30. The molecular weight excluding hydrogens is 1410 g/mol. The van der Waals surface area contributed by atoms with Gasteiger partial charge in [-0.05, 0) is 92.1 Å². The van der Waals surface area contributed by atoms with E-state index in [9.17, 15) is 13.2 Å². The van der Waals surface area contributed by atoms with Gasteiger partial charge in [-0.1, -0.05) is 36.4 Å². The van der Waals surface area contributed by atoms with E-state index in [4.69, 9.17) is 41.9 Å². The lowest BCUT2D eigenvalue weighted by Crippen LogP contribution is -2.47. The molecule has 15 aromatic rings. The van der Waals surface area contributed by atoms with E-state index in [0.717, 1.165) is 35.2 Å². The number of aryl methyl sites for hydroxylation is 3. The van der Waals surface area contributed by atoms with Gasteiger partial charge in [-0.25, -0.2) is 71.6 Å². The van der Waals surface area contributed by atoms with Crippen LogP contribution in [0, 0.1) is 17.5 Å². The molecule has 3 saturated heterocycles. The number of hydrogen-bond acceptors (Lipinski definition) is 24. The van der Waals surface area contributed by atoms with Crippen LogP contribution < -0.4 is 46.6 Å². The van der Waals surface area contributed by atoms with Gasteiger partial charge in [0.1, 0.15) is 53.0 Å². The number of nitrogens with two attached hydrogens (primary N) is 3. The van der Waals surface area contributed by atoms with Crippen molar-refractivity contribution >= 4 is 51.8 Å². The summed E-state index contributed by atoms with van der Waals surface area (Å²) in [6, 6.07) is 22.5. The first kappa shape index (κ1) is 53.6. The molecule has 111 heavy (non-hydrogen) atoms. The van der Waals surface area contributed by atoms with Crippen LogP contribution in [0.1, 0.15) is 78.8 Å². The molecule has 3 aliphatic rings. The van der Waals surface area contributed by atoms with Gasteiger partial charge in [0.05, 0.1) is 51.7 Å². The molecule has 0 aliphatic carbocycles. The maximum Gasteiger partial charge on any atom is 0.225 e. The summed E-state index contributed by atoms with van der Waals surface area (Å²) in [5.41, 5.74) is 24.9. The summed E-state index contributed by atoms with van der Waals surface area (Å²) in [5, 5.41) is 24.6. The Morgan fingerprint density at radius 1 is 0.324 bits per heavy atom. The number of aromatic nitrogens is 21. The molecule has 33 heteroatoms. The third-order valence-electron chi connectivity index (χ3n) is 19.1. The molecule has 30 nitrogen and oxygen atoms in total. The van der Waals surface area contributed by atoms with Crippen molar-refractivity contribution in [3.05, 3.63) is 254 Å². The van der Waals surface area contributed by atoms with Crippen molar-refractivity contribution in [2.45, 2.75) is 37.4 Å². The fraction of sp³-hybridized carbons (Fsp3) is 0.269. The first-order valence-corrected chi connectivity index (χ1v) is 34.4. The molecule has 6 N–H and O–H groups in total. The third kappa shape index (κ3) is 14.9. The van der Waals surface area contributed by atoms with Crippen LogP contribution in [0.3, 0.4) is 0 Å². The molecule has 0 unspecified atom stereocenters. The van der Waals surface area contributed by atoms with E-state index in [1.807, 2.05) is 13.2 Å². The molecule has 12 aromatic heterocycles. The standard InChI is InChI=1S/3C26H27FN10/c3*1-26(28,20-3-5-22(27)6-4-20)21-13-29-25(30-14-21)36-9-7-35(8-10-36)24-23-11-18(16-37(23)33-17-31-24)19-12-32-34(2)15-19/h3*3-6,11-17H,7-10,28H2,1-2H3/t3*26-/m000/s1/i2*2D3,7D2,8D2;7D2,8D2. The highest BCUT2D eigenvalue weighted by Crippen LogP contribution is 2.35. The zero-order valence-corrected chi connectivity index (χ0v) is 59.7. The van der Waals surface area contributed by atoms with Crippen molar-refractivity contribution < 1.29 is 37.8 Å². The number of anilines is 6.